The molecule has 0 bridgehead atoms. The zero-order valence-electron chi connectivity index (χ0n) is 12.1. The third-order valence-electron chi connectivity index (χ3n) is 5.04. The molecule has 2 nitrogen and oxygen atoms in total. The first-order valence-corrected chi connectivity index (χ1v) is 8.88. The van der Waals surface area contributed by atoms with Crippen molar-refractivity contribution in [1.82, 2.24) is 0 Å². The molecule has 2 aliphatic rings. The van der Waals surface area contributed by atoms with E-state index >= 15 is 0 Å². The summed E-state index contributed by atoms with van der Waals surface area (Å²) in [6.45, 7) is 8.71. The van der Waals surface area contributed by atoms with Crippen LogP contribution in [-0.2, 0) is 9.53 Å². The molecule has 1 unspecified atom stereocenters. The topological polar surface area (TPSA) is 26.3 Å². The van der Waals surface area contributed by atoms with Gasteiger partial charge in [-0.1, -0.05) is 45.7 Å². The minimum atomic E-state index is -0.114. The molecule has 2 rings (SSSR count). The van der Waals surface area contributed by atoms with Crippen LogP contribution in [0.15, 0.2) is 11.3 Å². The van der Waals surface area contributed by atoms with Gasteiger partial charge in [0.05, 0.1) is 5.33 Å². The second-order valence-corrected chi connectivity index (χ2v) is 8.27. The summed E-state index contributed by atoms with van der Waals surface area (Å²) in [4.78, 5) is 12.4. The van der Waals surface area contributed by atoms with E-state index in [1.54, 1.807) is 0 Å². The lowest BCUT2D eigenvalue weighted by molar-refractivity contribution is -0.113. The van der Waals surface area contributed by atoms with Crippen LogP contribution in [0.3, 0.4) is 0 Å². The number of allylic oxidation sites excluding steroid dienone is 2. The van der Waals surface area contributed by atoms with Crippen molar-refractivity contribution in [1.29, 1.82) is 0 Å². The molecule has 0 N–H and O–H groups in total. The van der Waals surface area contributed by atoms with Gasteiger partial charge in [-0.25, -0.2) is 0 Å². The smallest absolute Gasteiger partial charge is 0.172 e. The van der Waals surface area contributed by atoms with Crippen LogP contribution >= 0.6 is 31.9 Å². The maximum Gasteiger partial charge on any atom is 0.172 e. The summed E-state index contributed by atoms with van der Waals surface area (Å²) >= 11 is 7.06. The van der Waals surface area contributed by atoms with E-state index in [-0.39, 0.29) is 16.8 Å². The van der Waals surface area contributed by atoms with Crippen molar-refractivity contribution in [3.8, 4) is 0 Å². The van der Waals surface area contributed by atoms with E-state index in [1.807, 2.05) is 6.92 Å². The molecule has 0 aromatic heterocycles. The summed E-state index contributed by atoms with van der Waals surface area (Å²) in [6.07, 6.45) is 3.06. The van der Waals surface area contributed by atoms with Gasteiger partial charge in [-0.2, -0.15) is 0 Å². The quantitative estimate of drug-likeness (QED) is 0.506. The Bertz CT molecular complexity index is 428. The van der Waals surface area contributed by atoms with Crippen LogP contribution in [0.5, 0.6) is 0 Å². The Balaban J connectivity index is 2.34. The van der Waals surface area contributed by atoms with Crippen LogP contribution in [0.25, 0.3) is 0 Å². The number of rotatable bonds is 2. The second-order valence-electron chi connectivity index (χ2n) is 6.60. The van der Waals surface area contributed by atoms with E-state index in [1.165, 1.54) is 0 Å². The average Bonchev–Trinajstić information content (AvgIpc) is 2.72. The van der Waals surface area contributed by atoms with Crippen LogP contribution in [0.1, 0.15) is 47.0 Å². The van der Waals surface area contributed by atoms with Crippen LogP contribution in [0.2, 0.25) is 0 Å². The van der Waals surface area contributed by atoms with Gasteiger partial charge in [-0.05, 0) is 32.1 Å². The molecule has 108 valence electrons. The third-order valence-corrected chi connectivity index (χ3v) is 7.19. The molecule has 0 aromatic rings. The summed E-state index contributed by atoms with van der Waals surface area (Å²) in [6, 6.07) is 0. The number of hydrogen-bond donors (Lipinski definition) is 0. The molecule has 19 heavy (non-hydrogen) atoms. The second kappa shape index (κ2) is 5.18. The first-order valence-electron chi connectivity index (χ1n) is 6.84. The van der Waals surface area contributed by atoms with Crippen molar-refractivity contribution in [2.24, 2.45) is 11.3 Å². The van der Waals surface area contributed by atoms with E-state index in [2.05, 4.69) is 52.6 Å². The largest absolute Gasteiger partial charge is 0.491 e. The van der Waals surface area contributed by atoms with Gasteiger partial charge in [-0.15, -0.1) is 0 Å². The highest BCUT2D eigenvalue weighted by Gasteiger charge is 2.56. The minimum Gasteiger partial charge on any atom is -0.491 e. The van der Waals surface area contributed by atoms with E-state index in [4.69, 9.17) is 4.74 Å². The fourth-order valence-electron chi connectivity index (χ4n) is 3.56. The Morgan fingerprint density at radius 2 is 2.05 bits per heavy atom. The van der Waals surface area contributed by atoms with Gasteiger partial charge in [0.2, 0.25) is 0 Å². The van der Waals surface area contributed by atoms with E-state index in [0.717, 1.165) is 30.6 Å². The predicted octanol–water partition coefficient (Wildman–Crippen LogP) is 4.60. The Hall–Kier alpha value is 0.170. The Morgan fingerprint density at radius 3 is 2.63 bits per heavy atom. The van der Waals surface area contributed by atoms with E-state index < -0.39 is 0 Å². The van der Waals surface area contributed by atoms with Gasteiger partial charge in [0.1, 0.15) is 11.4 Å². The average molecular weight is 394 g/mol. The van der Waals surface area contributed by atoms with Crippen LogP contribution in [0.4, 0.5) is 0 Å². The summed E-state index contributed by atoms with van der Waals surface area (Å²) in [5.74, 6) is 1.50. The van der Waals surface area contributed by atoms with E-state index in [9.17, 15) is 4.79 Å². The highest BCUT2D eigenvalue weighted by atomic mass is 79.9. The van der Waals surface area contributed by atoms with Gasteiger partial charge >= 0.3 is 0 Å². The molecule has 0 spiro atoms. The van der Waals surface area contributed by atoms with Gasteiger partial charge in [-0.3, -0.25) is 4.79 Å². The normalized spacial score (nSPS) is 39.5. The number of fused-ring (bicyclic) bond motifs is 1. The third kappa shape index (κ3) is 2.55. The van der Waals surface area contributed by atoms with Gasteiger partial charge in [0.15, 0.2) is 5.78 Å². The molecule has 1 saturated heterocycles. The summed E-state index contributed by atoms with van der Waals surface area (Å²) in [7, 11) is 0. The van der Waals surface area contributed by atoms with Crippen molar-refractivity contribution in [2.75, 3.05) is 5.33 Å². The lowest BCUT2D eigenvalue weighted by Gasteiger charge is -2.48. The standard InChI is InChI=1S/C15H22Br2O2/c1-9(10(18)8-16)11-7-12-14(2,3)13(17)5-6-15(12,4)19-11/h12-13H,5-8H2,1-4H3/b11-9-/t12?,13-,15-/m0/s1. The highest BCUT2D eigenvalue weighted by molar-refractivity contribution is 9.09. The zero-order chi connectivity index (χ0) is 14.4. The van der Waals surface area contributed by atoms with Crippen molar-refractivity contribution < 1.29 is 9.53 Å². The summed E-state index contributed by atoms with van der Waals surface area (Å²) in [5, 5.41) is 0.373. The number of hydrogen-bond acceptors (Lipinski definition) is 2. The van der Waals surface area contributed by atoms with Crippen molar-refractivity contribution in [3.63, 3.8) is 0 Å². The molecular weight excluding hydrogens is 372 g/mol. The van der Waals surface area contributed by atoms with E-state index in [0.29, 0.717) is 16.1 Å². The van der Waals surface area contributed by atoms with Gasteiger partial charge in [0, 0.05) is 22.7 Å². The van der Waals surface area contributed by atoms with Crippen molar-refractivity contribution >= 4 is 37.6 Å². The van der Waals surface area contributed by atoms with Crippen LogP contribution in [0, 0.1) is 11.3 Å². The number of carbonyl (C=O) groups excluding carboxylic acids is 1. The monoisotopic (exact) mass is 392 g/mol. The molecule has 1 saturated carbocycles. The van der Waals surface area contributed by atoms with Crippen LogP contribution in [-0.4, -0.2) is 21.5 Å². The maximum atomic E-state index is 11.8. The number of Topliss-reactive ketones (excluding diaryl/α,β-unsaturated/α-hetero) is 1. The lowest BCUT2D eigenvalue weighted by atomic mass is 9.61. The fraction of sp³-hybridized carbons (Fsp3) is 0.800. The first kappa shape index (κ1) is 15.6. The van der Waals surface area contributed by atoms with Gasteiger partial charge in [0.25, 0.3) is 0 Å². The molecule has 2 fully saturated rings. The molecule has 1 heterocycles. The molecular formula is C15H22Br2O2. The number of alkyl halides is 2. The summed E-state index contributed by atoms with van der Waals surface area (Å²) < 4.78 is 6.24. The SMILES string of the molecule is C/C(C(=O)CBr)=C1\CC2C(C)(C)[C@@H](Br)CC[C@]2(C)O1. The number of ketones is 1. The molecule has 1 aliphatic heterocycles. The number of halogens is 2. The molecule has 1 aliphatic carbocycles. The summed E-state index contributed by atoms with van der Waals surface area (Å²) in [5.41, 5.74) is 0.859. The molecule has 0 radical (unpaired) electrons. The molecule has 4 heteroatoms. The first-order chi connectivity index (χ1) is 8.72. The highest BCUT2D eigenvalue weighted by Crippen LogP contribution is 2.57. The van der Waals surface area contributed by atoms with Gasteiger partial charge < -0.3 is 4.74 Å². The van der Waals surface area contributed by atoms with Crippen molar-refractivity contribution in [3.05, 3.63) is 11.3 Å². The Kier molecular flexibility index (Phi) is 4.24. The molecule has 3 atom stereocenters. The van der Waals surface area contributed by atoms with Crippen LogP contribution < -0.4 is 0 Å². The maximum absolute atomic E-state index is 11.8. The lowest BCUT2D eigenvalue weighted by Crippen LogP contribution is -2.49. The molecule has 0 aromatic carbocycles. The Morgan fingerprint density at radius 1 is 1.42 bits per heavy atom. The number of carbonyl (C=O) groups is 1. The van der Waals surface area contributed by atoms with Crippen molar-refractivity contribution in [2.45, 2.75) is 57.4 Å². The fourth-order valence-corrected chi connectivity index (χ4v) is 4.53. The zero-order valence-corrected chi connectivity index (χ0v) is 15.2. The molecule has 0 amide bonds. The minimum absolute atomic E-state index is 0.114. The number of ether oxygens (including phenoxy) is 1. The predicted molar refractivity (Wildman–Crippen MR) is 84.8 cm³/mol. The Labute approximate surface area is 132 Å².